The van der Waals surface area contributed by atoms with E-state index in [2.05, 4.69) is 62.9 Å². The first-order chi connectivity index (χ1) is 13.8. The summed E-state index contributed by atoms with van der Waals surface area (Å²) >= 11 is 1.70. The molecule has 28 heavy (non-hydrogen) atoms. The van der Waals surface area contributed by atoms with E-state index in [1.807, 2.05) is 18.3 Å². The van der Waals surface area contributed by atoms with Crippen LogP contribution in [0, 0.1) is 0 Å². The molecule has 6 heteroatoms. The van der Waals surface area contributed by atoms with Crippen LogP contribution in [0.15, 0.2) is 59.0 Å². The van der Waals surface area contributed by atoms with Crippen molar-refractivity contribution in [1.82, 2.24) is 4.57 Å². The summed E-state index contributed by atoms with van der Waals surface area (Å²) in [6.07, 6.45) is 11.9. The van der Waals surface area contributed by atoms with Gasteiger partial charge in [-0.2, -0.15) is 5.10 Å². The normalized spacial score (nSPS) is 12.4. The van der Waals surface area contributed by atoms with Gasteiger partial charge >= 0.3 is 0 Å². The van der Waals surface area contributed by atoms with Crippen LogP contribution in [0.3, 0.4) is 0 Å². The van der Waals surface area contributed by atoms with Gasteiger partial charge in [-0.1, -0.05) is 49.7 Å². The van der Waals surface area contributed by atoms with Crippen molar-refractivity contribution in [2.45, 2.75) is 52.1 Å². The first-order valence-corrected chi connectivity index (χ1v) is 11.0. The number of unbranched alkanes of at least 4 members (excludes halogenated alkanes) is 3. The third kappa shape index (κ3) is 5.59. The summed E-state index contributed by atoms with van der Waals surface area (Å²) in [5, 5.41) is 8.94. The number of fused-ring (bicyclic) bond motifs is 1. The third-order valence-electron chi connectivity index (χ3n) is 4.68. The zero-order valence-electron chi connectivity index (χ0n) is 16.6. The number of pyridine rings is 1. The van der Waals surface area contributed by atoms with Crippen LogP contribution in [-0.2, 0) is 13.1 Å². The number of aromatic nitrogens is 2. The summed E-state index contributed by atoms with van der Waals surface area (Å²) in [7, 11) is 0. The van der Waals surface area contributed by atoms with Gasteiger partial charge in [0.1, 0.15) is 6.54 Å². The molecule has 148 valence electrons. The maximum absolute atomic E-state index is 5.60. The van der Waals surface area contributed by atoms with Gasteiger partial charge in [0.25, 0.3) is 0 Å². The minimum atomic E-state index is 0.699. The van der Waals surface area contributed by atoms with Crippen LogP contribution in [-0.4, -0.2) is 17.3 Å². The second kappa shape index (κ2) is 10.9. The Morgan fingerprint density at radius 1 is 1.11 bits per heavy atom. The molecule has 0 atom stereocenters. The number of aryl methyl sites for hydroxylation is 2. The predicted octanol–water partition coefficient (Wildman–Crippen LogP) is 3.85. The Labute approximate surface area is 170 Å². The van der Waals surface area contributed by atoms with Crippen molar-refractivity contribution in [1.29, 1.82) is 0 Å². The van der Waals surface area contributed by atoms with Gasteiger partial charge in [0.2, 0.25) is 4.80 Å². The number of para-hydroxylation sites is 1. The lowest BCUT2D eigenvalue weighted by Crippen LogP contribution is -2.34. The molecule has 5 nitrogen and oxygen atoms in total. The number of rotatable bonds is 10. The summed E-state index contributed by atoms with van der Waals surface area (Å²) in [5.74, 6) is 0. The van der Waals surface area contributed by atoms with Crippen LogP contribution in [0.5, 0.6) is 0 Å². The summed E-state index contributed by atoms with van der Waals surface area (Å²) in [6.45, 7) is 4.85. The topological polar surface area (TPSA) is 59.5 Å². The van der Waals surface area contributed by atoms with Crippen molar-refractivity contribution in [3.63, 3.8) is 0 Å². The highest BCUT2D eigenvalue weighted by atomic mass is 32.1. The molecular formula is C22H30N5S+. The van der Waals surface area contributed by atoms with Gasteiger partial charge in [-0.25, -0.2) is 4.57 Å². The molecule has 0 fully saturated rings. The van der Waals surface area contributed by atoms with Gasteiger partial charge in [-0.3, -0.25) is 0 Å². The SMILES string of the molecule is CCCCCCn1/c(=N/N=C/c2ccc[n+](CCCN)c2)sc2ccccc21. The molecular weight excluding hydrogens is 366 g/mol. The zero-order valence-corrected chi connectivity index (χ0v) is 17.4. The van der Waals surface area contributed by atoms with Crippen molar-refractivity contribution in [3.05, 3.63) is 59.2 Å². The molecule has 0 aliphatic rings. The Hall–Kier alpha value is -2.31. The number of nitrogens with zero attached hydrogens (tertiary/aromatic N) is 4. The van der Waals surface area contributed by atoms with Gasteiger partial charge in [0.05, 0.1) is 22.0 Å². The van der Waals surface area contributed by atoms with Crippen molar-refractivity contribution >= 4 is 27.8 Å². The Morgan fingerprint density at radius 3 is 2.86 bits per heavy atom. The number of hydrogen-bond donors (Lipinski definition) is 1. The van der Waals surface area contributed by atoms with Crippen LogP contribution in [0.25, 0.3) is 10.2 Å². The monoisotopic (exact) mass is 396 g/mol. The van der Waals surface area contributed by atoms with Crippen LogP contribution in [0.2, 0.25) is 0 Å². The maximum atomic E-state index is 5.60. The van der Waals surface area contributed by atoms with Crippen molar-refractivity contribution in [2.24, 2.45) is 15.9 Å². The van der Waals surface area contributed by atoms with Gasteiger partial charge in [0, 0.05) is 19.0 Å². The lowest BCUT2D eigenvalue weighted by Gasteiger charge is -2.04. The average molecular weight is 397 g/mol. The molecule has 0 saturated carbocycles. The van der Waals surface area contributed by atoms with E-state index < -0.39 is 0 Å². The van der Waals surface area contributed by atoms with Gasteiger partial charge in [-0.05, 0) is 31.2 Å². The van der Waals surface area contributed by atoms with E-state index >= 15 is 0 Å². The van der Waals surface area contributed by atoms with Crippen LogP contribution >= 0.6 is 11.3 Å². The minimum Gasteiger partial charge on any atom is -0.330 e. The Balaban J connectivity index is 1.81. The molecule has 0 unspecified atom stereocenters. The van der Waals surface area contributed by atoms with E-state index in [-0.39, 0.29) is 0 Å². The van der Waals surface area contributed by atoms with E-state index in [9.17, 15) is 0 Å². The van der Waals surface area contributed by atoms with Crippen molar-refractivity contribution in [3.8, 4) is 0 Å². The summed E-state index contributed by atoms with van der Waals surface area (Å²) in [6, 6.07) is 12.6. The van der Waals surface area contributed by atoms with Crippen molar-refractivity contribution in [2.75, 3.05) is 6.54 Å². The molecule has 0 amide bonds. The Morgan fingerprint density at radius 2 is 2.00 bits per heavy atom. The first-order valence-electron chi connectivity index (χ1n) is 10.2. The first kappa shape index (κ1) is 20.4. The maximum Gasteiger partial charge on any atom is 0.211 e. The number of hydrogen-bond acceptors (Lipinski definition) is 4. The second-order valence-corrected chi connectivity index (χ2v) is 7.94. The molecule has 0 spiro atoms. The smallest absolute Gasteiger partial charge is 0.211 e. The molecule has 0 radical (unpaired) electrons. The third-order valence-corrected chi connectivity index (χ3v) is 5.72. The van der Waals surface area contributed by atoms with Gasteiger partial charge in [-0.15, -0.1) is 5.10 Å². The van der Waals surface area contributed by atoms with E-state index in [4.69, 9.17) is 5.73 Å². The fourth-order valence-corrected chi connectivity index (χ4v) is 4.20. The number of nitrogens with two attached hydrogens (primary N) is 1. The summed E-state index contributed by atoms with van der Waals surface area (Å²) < 4.78 is 5.70. The van der Waals surface area contributed by atoms with E-state index in [0.29, 0.717) is 6.54 Å². The Kier molecular flexibility index (Phi) is 7.94. The van der Waals surface area contributed by atoms with E-state index in [1.165, 1.54) is 35.9 Å². The molecule has 0 aliphatic heterocycles. The predicted molar refractivity (Wildman–Crippen MR) is 117 cm³/mol. The van der Waals surface area contributed by atoms with Crippen molar-refractivity contribution < 1.29 is 4.57 Å². The molecule has 0 aliphatic carbocycles. The molecule has 2 heterocycles. The molecule has 2 N–H and O–H groups in total. The summed E-state index contributed by atoms with van der Waals surface area (Å²) in [5.41, 5.74) is 7.89. The zero-order chi connectivity index (χ0) is 19.6. The minimum absolute atomic E-state index is 0.699. The fraction of sp³-hybridized carbons (Fsp3) is 0.409. The van der Waals surface area contributed by atoms with Crippen LogP contribution < -0.4 is 15.1 Å². The highest BCUT2D eigenvalue weighted by molar-refractivity contribution is 7.16. The highest BCUT2D eigenvalue weighted by Gasteiger charge is 2.05. The summed E-state index contributed by atoms with van der Waals surface area (Å²) in [4.78, 5) is 0.959. The quantitative estimate of drug-likeness (QED) is 0.241. The molecule has 3 rings (SSSR count). The second-order valence-electron chi connectivity index (χ2n) is 6.93. The molecule has 2 aromatic heterocycles. The van der Waals surface area contributed by atoms with Gasteiger partial charge < -0.3 is 10.3 Å². The highest BCUT2D eigenvalue weighted by Crippen LogP contribution is 2.17. The van der Waals surface area contributed by atoms with E-state index in [1.54, 1.807) is 11.3 Å². The molecule has 0 bridgehead atoms. The molecule has 3 aromatic rings. The van der Waals surface area contributed by atoms with Crippen LogP contribution in [0.1, 0.15) is 44.6 Å². The number of benzene rings is 1. The van der Waals surface area contributed by atoms with E-state index in [0.717, 1.165) is 29.9 Å². The molecule has 0 saturated heterocycles. The number of thiazole rings is 1. The van der Waals surface area contributed by atoms with Crippen LogP contribution in [0.4, 0.5) is 0 Å². The fourth-order valence-electron chi connectivity index (χ4n) is 3.19. The molecule has 1 aromatic carbocycles. The standard InChI is InChI=1S/C22H30N5S/c1-2-3-4-7-16-27-20-11-5-6-12-21(20)28-22(27)25-24-17-19-10-8-14-26(18-19)15-9-13-23/h5-6,8,10-12,14,17-18H,2-4,7,9,13,15-16,23H2,1H3/q+1/b24-17+,25-22-. The Bertz CT molecular complexity index is 970. The largest absolute Gasteiger partial charge is 0.330 e. The van der Waals surface area contributed by atoms with Gasteiger partial charge in [0.15, 0.2) is 12.4 Å². The lowest BCUT2D eigenvalue weighted by atomic mass is 10.2. The lowest BCUT2D eigenvalue weighted by molar-refractivity contribution is -0.697. The average Bonchev–Trinajstić information content (AvgIpc) is 3.07.